The zero-order valence-corrected chi connectivity index (χ0v) is 20.5. The first-order valence-electron chi connectivity index (χ1n) is 11.5. The highest BCUT2D eigenvalue weighted by Crippen LogP contribution is 2.29. The second-order valence-electron chi connectivity index (χ2n) is 8.77. The number of rotatable bonds is 8. The molecule has 1 fully saturated rings. The maximum absolute atomic E-state index is 14.0. The van der Waals surface area contributed by atoms with Crippen molar-refractivity contribution >= 4 is 23.6 Å². The molecule has 1 saturated heterocycles. The van der Waals surface area contributed by atoms with Gasteiger partial charge in [-0.05, 0) is 57.1 Å². The summed E-state index contributed by atoms with van der Waals surface area (Å²) in [6.07, 6.45) is 5.25. The molecule has 9 heteroatoms. The van der Waals surface area contributed by atoms with Crippen molar-refractivity contribution in [1.29, 1.82) is 0 Å². The van der Waals surface area contributed by atoms with Crippen LogP contribution in [0.1, 0.15) is 48.5 Å². The van der Waals surface area contributed by atoms with Gasteiger partial charge < -0.3 is 14.4 Å². The number of benzene rings is 1. The monoisotopic (exact) mass is 498 g/mol. The SMILES string of the molecule is C/C(=C\c1cnc(CN2CCC(c3cccc(OCc4ccc(Cl)cc4F)n3)CC2)n1C)C(=O)O. The van der Waals surface area contributed by atoms with E-state index in [0.29, 0.717) is 28.9 Å². The van der Waals surface area contributed by atoms with Crippen LogP contribution in [0.4, 0.5) is 4.39 Å². The van der Waals surface area contributed by atoms with E-state index in [4.69, 9.17) is 21.4 Å². The fraction of sp³-hybridized carbons (Fsp3) is 0.346. The Morgan fingerprint density at radius 2 is 2.06 bits per heavy atom. The molecule has 0 aliphatic carbocycles. The predicted molar refractivity (Wildman–Crippen MR) is 132 cm³/mol. The molecule has 0 amide bonds. The molecule has 1 aliphatic rings. The number of carboxylic acids is 1. The Kier molecular flexibility index (Phi) is 7.83. The summed E-state index contributed by atoms with van der Waals surface area (Å²) in [7, 11) is 1.90. The van der Waals surface area contributed by atoms with Gasteiger partial charge in [-0.2, -0.15) is 0 Å². The molecule has 0 bridgehead atoms. The number of aliphatic carboxylic acids is 1. The van der Waals surface area contributed by atoms with Crippen LogP contribution in [0, 0.1) is 5.82 Å². The Bertz CT molecular complexity index is 1240. The van der Waals surface area contributed by atoms with Gasteiger partial charge in [-0.15, -0.1) is 0 Å². The normalized spacial score (nSPS) is 15.4. The standard InChI is InChI=1S/C26H28ClFN4O3/c1-17(26(33)34)12-21-14-29-24(31(21)2)15-32-10-8-18(9-11-32)23-4-3-5-25(30-23)35-16-19-6-7-20(27)13-22(19)28/h3-7,12-14,18H,8-11,15-16H2,1-2H3,(H,33,34)/b17-12+. The number of carbonyl (C=O) groups is 1. The van der Waals surface area contributed by atoms with E-state index in [-0.39, 0.29) is 12.2 Å². The molecule has 35 heavy (non-hydrogen) atoms. The van der Waals surface area contributed by atoms with Crippen LogP contribution in [0.15, 0.2) is 48.2 Å². The van der Waals surface area contributed by atoms with Gasteiger partial charge in [0, 0.05) is 40.9 Å². The first-order valence-corrected chi connectivity index (χ1v) is 11.9. The van der Waals surface area contributed by atoms with E-state index < -0.39 is 11.8 Å². The number of pyridine rings is 1. The minimum Gasteiger partial charge on any atom is -0.478 e. The third kappa shape index (κ3) is 6.26. The van der Waals surface area contributed by atoms with Crippen molar-refractivity contribution in [3.8, 4) is 5.88 Å². The van der Waals surface area contributed by atoms with Gasteiger partial charge in [-0.3, -0.25) is 4.90 Å². The smallest absolute Gasteiger partial charge is 0.331 e. The maximum atomic E-state index is 14.0. The fourth-order valence-corrected chi connectivity index (χ4v) is 4.30. The second kappa shape index (κ2) is 11.0. The molecule has 0 spiro atoms. The average molecular weight is 499 g/mol. The molecule has 0 radical (unpaired) electrons. The minimum atomic E-state index is -0.935. The molecule has 3 heterocycles. The summed E-state index contributed by atoms with van der Waals surface area (Å²) in [5.74, 6) is 0.365. The molecule has 7 nitrogen and oxygen atoms in total. The van der Waals surface area contributed by atoms with Gasteiger partial charge in [-0.25, -0.2) is 19.2 Å². The number of carboxylic acid groups (broad SMARTS) is 1. The highest BCUT2D eigenvalue weighted by Gasteiger charge is 2.23. The van der Waals surface area contributed by atoms with Crippen LogP contribution in [-0.4, -0.2) is 43.6 Å². The van der Waals surface area contributed by atoms with Crippen LogP contribution in [0.25, 0.3) is 6.08 Å². The number of nitrogens with zero attached hydrogens (tertiary/aromatic N) is 4. The molecule has 1 aliphatic heterocycles. The number of hydrogen-bond donors (Lipinski definition) is 1. The zero-order chi connectivity index (χ0) is 24.9. The van der Waals surface area contributed by atoms with E-state index in [2.05, 4.69) is 14.9 Å². The summed E-state index contributed by atoms with van der Waals surface area (Å²) in [5.41, 5.74) is 2.46. The number of hydrogen-bond acceptors (Lipinski definition) is 5. The number of aromatic nitrogens is 3. The summed E-state index contributed by atoms with van der Waals surface area (Å²) in [5, 5.41) is 9.45. The third-order valence-electron chi connectivity index (χ3n) is 6.33. The van der Waals surface area contributed by atoms with E-state index in [9.17, 15) is 9.18 Å². The number of ether oxygens (including phenoxy) is 1. The number of imidazole rings is 1. The molecule has 0 saturated carbocycles. The van der Waals surface area contributed by atoms with Crippen molar-refractivity contribution in [2.24, 2.45) is 7.05 Å². The lowest BCUT2D eigenvalue weighted by molar-refractivity contribution is -0.132. The molecule has 2 aromatic heterocycles. The first-order chi connectivity index (χ1) is 16.8. The Morgan fingerprint density at radius 1 is 1.29 bits per heavy atom. The van der Waals surface area contributed by atoms with E-state index in [1.54, 1.807) is 37.4 Å². The van der Waals surface area contributed by atoms with E-state index in [1.165, 1.54) is 6.07 Å². The van der Waals surface area contributed by atoms with E-state index in [0.717, 1.165) is 43.1 Å². The summed E-state index contributed by atoms with van der Waals surface area (Å²) < 4.78 is 21.7. The van der Waals surface area contributed by atoms with Crippen molar-refractivity contribution in [2.75, 3.05) is 13.1 Å². The molecule has 1 aromatic carbocycles. The Labute approximate surface area is 208 Å². The predicted octanol–water partition coefficient (Wildman–Crippen LogP) is 5.05. The fourth-order valence-electron chi connectivity index (χ4n) is 4.14. The van der Waals surface area contributed by atoms with Crippen LogP contribution in [-0.2, 0) is 25.0 Å². The summed E-state index contributed by atoms with van der Waals surface area (Å²) in [6, 6.07) is 10.2. The van der Waals surface area contributed by atoms with Crippen LogP contribution in [0.5, 0.6) is 5.88 Å². The average Bonchev–Trinajstić information content (AvgIpc) is 3.18. The van der Waals surface area contributed by atoms with Gasteiger partial charge in [0.25, 0.3) is 0 Å². The highest BCUT2D eigenvalue weighted by molar-refractivity contribution is 6.30. The largest absolute Gasteiger partial charge is 0.478 e. The molecular weight excluding hydrogens is 471 g/mol. The van der Waals surface area contributed by atoms with Gasteiger partial charge in [0.1, 0.15) is 18.2 Å². The quantitative estimate of drug-likeness (QED) is 0.437. The van der Waals surface area contributed by atoms with E-state index in [1.807, 2.05) is 23.7 Å². The van der Waals surface area contributed by atoms with Crippen LogP contribution < -0.4 is 4.74 Å². The topological polar surface area (TPSA) is 80.5 Å². The molecule has 184 valence electrons. The Morgan fingerprint density at radius 3 is 2.77 bits per heavy atom. The van der Waals surface area contributed by atoms with Crippen LogP contribution >= 0.6 is 11.6 Å². The van der Waals surface area contributed by atoms with Gasteiger partial charge in [-0.1, -0.05) is 23.7 Å². The molecular formula is C26H28ClFN4O3. The number of piperidine rings is 1. The highest BCUT2D eigenvalue weighted by atomic mass is 35.5. The Hall–Kier alpha value is -3.23. The van der Waals surface area contributed by atoms with Crippen molar-refractivity contribution in [3.63, 3.8) is 0 Å². The molecule has 3 aromatic rings. The molecule has 4 rings (SSSR count). The first kappa shape index (κ1) is 24.9. The van der Waals surface area contributed by atoms with Gasteiger partial charge in [0.2, 0.25) is 5.88 Å². The summed E-state index contributed by atoms with van der Waals surface area (Å²) in [6.45, 7) is 4.17. The summed E-state index contributed by atoms with van der Waals surface area (Å²) in [4.78, 5) is 22.6. The number of likely N-dealkylation sites (tertiary alicyclic amines) is 1. The van der Waals surface area contributed by atoms with E-state index >= 15 is 0 Å². The van der Waals surface area contributed by atoms with Gasteiger partial charge >= 0.3 is 5.97 Å². The second-order valence-corrected chi connectivity index (χ2v) is 9.20. The lowest BCUT2D eigenvalue weighted by atomic mass is 9.93. The number of halogens is 2. The molecule has 0 atom stereocenters. The van der Waals surface area contributed by atoms with Crippen molar-refractivity contribution < 1.29 is 19.0 Å². The third-order valence-corrected chi connectivity index (χ3v) is 6.56. The van der Waals surface area contributed by atoms with Crippen molar-refractivity contribution in [3.05, 3.63) is 81.8 Å². The van der Waals surface area contributed by atoms with Crippen molar-refractivity contribution in [1.82, 2.24) is 19.4 Å². The summed E-state index contributed by atoms with van der Waals surface area (Å²) >= 11 is 5.81. The Balaban J connectivity index is 1.32. The van der Waals surface area contributed by atoms with Gasteiger partial charge in [0.05, 0.1) is 18.4 Å². The molecule has 0 unspecified atom stereocenters. The van der Waals surface area contributed by atoms with Crippen LogP contribution in [0.3, 0.4) is 0 Å². The maximum Gasteiger partial charge on any atom is 0.331 e. The molecule has 1 N–H and O–H groups in total. The van der Waals surface area contributed by atoms with Gasteiger partial charge in [0.15, 0.2) is 0 Å². The van der Waals surface area contributed by atoms with Crippen LogP contribution in [0.2, 0.25) is 5.02 Å². The zero-order valence-electron chi connectivity index (χ0n) is 19.7. The lowest BCUT2D eigenvalue weighted by Crippen LogP contribution is -2.33. The lowest BCUT2D eigenvalue weighted by Gasteiger charge is -2.31. The minimum absolute atomic E-state index is 0.0880. The van der Waals surface area contributed by atoms with Crippen molar-refractivity contribution in [2.45, 2.75) is 38.8 Å².